The van der Waals surface area contributed by atoms with Crippen LogP contribution in [0.5, 0.6) is 0 Å². The van der Waals surface area contributed by atoms with Crippen molar-refractivity contribution in [3.8, 4) is 0 Å². The van der Waals surface area contributed by atoms with E-state index in [9.17, 15) is 0 Å². The van der Waals surface area contributed by atoms with Gasteiger partial charge in [-0.2, -0.15) is 0 Å². The van der Waals surface area contributed by atoms with E-state index in [0.717, 1.165) is 6.42 Å². The lowest BCUT2D eigenvalue weighted by atomic mass is 10.2. The van der Waals surface area contributed by atoms with Gasteiger partial charge in [0.05, 0.1) is 0 Å². The Morgan fingerprint density at radius 3 is 2.70 bits per heavy atom. The summed E-state index contributed by atoms with van der Waals surface area (Å²) in [7, 11) is 0. The maximum absolute atomic E-state index is 5.46. The molecule has 0 spiro atoms. The molecule has 0 rings (SSSR count). The molecule has 0 aromatic carbocycles. The van der Waals surface area contributed by atoms with Gasteiger partial charge in [-0.3, -0.25) is 0 Å². The van der Waals surface area contributed by atoms with Crippen LogP contribution in [0, 0.1) is 0 Å². The minimum Gasteiger partial charge on any atom is -0.122 e. The van der Waals surface area contributed by atoms with Crippen molar-refractivity contribution in [3.05, 3.63) is 36.5 Å². The highest BCUT2D eigenvalue weighted by Gasteiger charge is 1.82. The fourth-order valence-corrected chi connectivity index (χ4v) is 0.728. The standard InChI is InChI=1S/C9H13Cl/c1-3-6-9(4-2)7-5-8-10/h3,5-7H,1,4,8H2,2H3/b7-5+,9-6-. The van der Waals surface area contributed by atoms with E-state index in [0.29, 0.717) is 5.88 Å². The van der Waals surface area contributed by atoms with Crippen LogP contribution in [0.1, 0.15) is 13.3 Å². The van der Waals surface area contributed by atoms with Gasteiger partial charge in [-0.15, -0.1) is 11.6 Å². The second-order valence-corrected chi connectivity index (χ2v) is 2.20. The van der Waals surface area contributed by atoms with Crippen LogP contribution in [-0.4, -0.2) is 5.88 Å². The van der Waals surface area contributed by atoms with Crippen molar-refractivity contribution in [1.82, 2.24) is 0 Å². The van der Waals surface area contributed by atoms with Gasteiger partial charge in [-0.05, 0) is 12.0 Å². The van der Waals surface area contributed by atoms with E-state index >= 15 is 0 Å². The zero-order valence-corrected chi connectivity index (χ0v) is 7.06. The maximum atomic E-state index is 5.46. The Hall–Kier alpha value is -0.490. The molecule has 0 unspecified atom stereocenters. The van der Waals surface area contributed by atoms with Crippen molar-refractivity contribution in [2.45, 2.75) is 13.3 Å². The fraction of sp³-hybridized carbons (Fsp3) is 0.333. The van der Waals surface area contributed by atoms with Crippen molar-refractivity contribution in [3.63, 3.8) is 0 Å². The number of rotatable bonds is 4. The van der Waals surface area contributed by atoms with Crippen molar-refractivity contribution >= 4 is 11.6 Å². The average Bonchev–Trinajstić information content (AvgIpc) is 1.98. The van der Waals surface area contributed by atoms with Crippen molar-refractivity contribution in [2.24, 2.45) is 0 Å². The molecule has 0 nitrogen and oxygen atoms in total. The summed E-state index contributed by atoms with van der Waals surface area (Å²) in [4.78, 5) is 0. The van der Waals surface area contributed by atoms with Gasteiger partial charge in [0.15, 0.2) is 0 Å². The summed E-state index contributed by atoms with van der Waals surface area (Å²) in [5, 5.41) is 0. The van der Waals surface area contributed by atoms with Gasteiger partial charge in [0.2, 0.25) is 0 Å². The number of hydrogen-bond acceptors (Lipinski definition) is 0. The van der Waals surface area contributed by atoms with E-state index in [1.807, 2.05) is 18.2 Å². The molecule has 0 N–H and O–H groups in total. The first-order valence-corrected chi connectivity index (χ1v) is 3.92. The summed E-state index contributed by atoms with van der Waals surface area (Å²) in [5.41, 5.74) is 1.26. The molecule has 0 atom stereocenters. The molecule has 0 aliphatic heterocycles. The zero-order chi connectivity index (χ0) is 7.82. The Bertz CT molecular complexity index is 143. The molecular formula is C9H13Cl. The van der Waals surface area contributed by atoms with Gasteiger partial charge < -0.3 is 0 Å². The molecule has 56 valence electrons. The Morgan fingerprint density at radius 2 is 2.30 bits per heavy atom. The van der Waals surface area contributed by atoms with Crippen LogP contribution in [0.4, 0.5) is 0 Å². The normalized spacial score (nSPS) is 12.4. The predicted octanol–water partition coefficient (Wildman–Crippen LogP) is 3.30. The van der Waals surface area contributed by atoms with E-state index in [-0.39, 0.29) is 0 Å². The molecule has 0 fully saturated rings. The molecule has 0 radical (unpaired) electrons. The molecule has 0 bridgehead atoms. The Labute approximate surface area is 67.9 Å². The minimum atomic E-state index is 0.578. The Balaban J connectivity index is 3.94. The van der Waals surface area contributed by atoms with Crippen LogP contribution >= 0.6 is 11.6 Å². The minimum absolute atomic E-state index is 0.578. The van der Waals surface area contributed by atoms with Crippen LogP contribution in [0.15, 0.2) is 36.5 Å². The van der Waals surface area contributed by atoms with E-state index in [4.69, 9.17) is 11.6 Å². The highest BCUT2D eigenvalue weighted by Crippen LogP contribution is 2.02. The molecule has 0 amide bonds. The van der Waals surface area contributed by atoms with Crippen molar-refractivity contribution < 1.29 is 0 Å². The zero-order valence-electron chi connectivity index (χ0n) is 6.31. The van der Waals surface area contributed by atoms with Crippen LogP contribution in [0.2, 0.25) is 0 Å². The molecule has 0 saturated heterocycles. The first kappa shape index (κ1) is 9.51. The van der Waals surface area contributed by atoms with Crippen molar-refractivity contribution in [1.29, 1.82) is 0 Å². The summed E-state index contributed by atoms with van der Waals surface area (Å²) in [6.07, 6.45) is 8.76. The summed E-state index contributed by atoms with van der Waals surface area (Å²) in [6.45, 7) is 5.72. The average molecular weight is 157 g/mol. The molecule has 1 heteroatoms. The molecule has 0 aliphatic carbocycles. The molecule has 0 aliphatic rings. The third-order valence-corrected chi connectivity index (χ3v) is 1.34. The molecular weight excluding hydrogens is 144 g/mol. The van der Waals surface area contributed by atoms with Gasteiger partial charge in [-0.25, -0.2) is 0 Å². The smallest absolute Gasteiger partial charge is 0.0407 e. The highest BCUT2D eigenvalue weighted by atomic mass is 35.5. The Morgan fingerprint density at radius 1 is 1.60 bits per heavy atom. The lowest BCUT2D eigenvalue weighted by Crippen LogP contribution is -1.72. The second kappa shape index (κ2) is 6.63. The third kappa shape index (κ3) is 4.39. The lowest BCUT2D eigenvalue weighted by molar-refractivity contribution is 1.15. The molecule has 10 heavy (non-hydrogen) atoms. The second-order valence-electron chi connectivity index (χ2n) is 1.89. The molecule has 0 saturated carbocycles. The molecule has 0 heterocycles. The van der Waals surface area contributed by atoms with Crippen LogP contribution in [-0.2, 0) is 0 Å². The maximum Gasteiger partial charge on any atom is 0.0407 e. The fourth-order valence-electron chi connectivity index (χ4n) is 0.639. The SMILES string of the molecule is C=C/C=C(\C=C\CCl)CC. The van der Waals surface area contributed by atoms with E-state index in [1.54, 1.807) is 6.08 Å². The number of halogens is 1. The van der Waals surface area contributed by atoms with Gasteiger partial charge in [0, 0.05) is 5.88 Å². The van der Waals surface area contributed by atoms with E-state index in [2.05, 4.69) is 13.5 Å². The number of hydrogen-bond donors (Lipinski definition) is 0. The van der Waals surface area contributed by atoms with Gasteiger partial charge in [-0.1, -0.05) is 37.8 Å². The Kier molecular flexibility index (Phi) is 6.30. The first-order chi connectivity index (χ1) is 4.85. The first-order valence-electron chi connectivity index (χ1n) is 3.39. The summed E-state index contributed by atoms with van der Waals surface area (Å²) in [6, 6.07) is 0. The monoisotopic (exact) mass is 156 g/mol. The lowest BCUT2D eigenvalue weighted by Gasteiger charge is -1.91. The van der Waals surface area contributed by atoms with Crippen LogP contribution in [0.25, 0.3) is 0 Å². The van der Waals surface area contributed by atoms with Gasteiger partial charge >= 0.3 is 0 Å². The summed E-state index contributed by atoms with van der Waals surface area (Å²) >= 11 is 5.46. The van der Waals surface area contributed by atoms with Crippen molar-refractivity contribution in [2.75, 3.05) is 5.88 Å². The van der Waals surface area contributed by atoms with Crippen LogP contribution in [0.3, 0.4) is 0 Å². The quantitative estimate of drug-likeness (QED) is 0.433. The number of allylic oxidation sites excluding steroid dienone is 5. The predicted molar refractivity (Wildman–Crippen MR) is 48.4 cm³/mol. The van der Waals surface area contributed by atoms with Crippen LogP contribution < -0.4 is 0 Å². The summed E-state index contributed by atoms with van der Waals surface area (Å²) in [5.74, 6) is 0.578. The third-order valence-electron chi connectivity index (χ3n) is 1.16. The molecule has 0 aromatic heterocycles. The molecule has 0 aromatic rings. The van der Waals surface area contributed by atoms with E-state index < -0.39 is 0 Å². The summed E-state index contributed by atoms with van der Waals surface area (Å²) < 4.78 is 0. The largest absolute Gasteiger partial charge is 0.122 e. The van der Waals surface area contributed by atoms with E-state index in [1.165, 1.54) is 5.57 Å². The van der Waals surface area contributed by atoms with Gasteiger partial charge in [0.25, 0.3) is 0 Å². The highest BCUT2D eigenvalue weighted by molar-refractivity contribution is 6.18. The number of alkyl halides is 1. The topological polar surface area (TPSA) is 0 Å². The van der Waals surface area contributed by atoms with Gasteiger partial charge in [0.1, 0.15) is 0 Å².